The third kappa shape index (κ3) is 2.62. The summed E-state index contributed by atoms with van der Waals surface area (Å²) in [7, 11) is 1.86. The molecule has 1 fully saturated rings. The quantitative estimate of drug-likeness (QED) is 0.883. The topological polar surface area (TPSA) is 49.8 Å². The molecule has 4 nitrogen and oxygen atoms in total. The standard InChI is InChI=1S/C15H20N4/c1-16-15-18-13-10-6-5-9-12(13)14(19-15)17-11-7-3-2-4-8-11/h5-6,9-11H,2-4,7-8H2,1H3,(H2,16,17,18,19). The van der Waals surface area contributed by atoms with Crippen LogP contribution >= 0.6 is 0 Å². The summed E-state index contributed by atoms with van der Waals surface area (Å²) in [5.41, 5.74) is 0.986. The SMILES string of the molecule is CNc1nc(NC2CCCCC2)c2ccccc2n1. The van der Waals surface area contributed by atoms with Crippen LogP contribution in [0.15, 0.2) is 24.3 Å². The molecule has 19 heavy (non-hydrogen) atoms. The Bertz CT molecular complexity index is 561. The van der Waals surface area contributed by atoms with Gasteiger partial charge in [0.05, 0.1) is 5.52 Å². The molecule has 0 saturated heterocycles. The van der Waals surface area contributed by atoms with Crippen LogP contribution in [-0.4, -0.2) is 23.1 Å². The maximum Gasteiger partial charge on any atom is 0.224 e. The molecule has 2 aromatic rings. The molecule has 100 valence electrons. The minimum absolute atomic E-state index is 0.553. The second kappa shape index (κ2) is 5.43. The smallest absolute Gasteiger partial charge is 0.224 e. The molecular weight excluding hydrogens is 236 g/mol. The van der Waals surface area contributed by atoms with Gasteiger partial charge >= 0.3 is 0 Å². The van der Waals surface area contributed by atoms with Gasteiger partial charge in [0.25, 0.3) is 0 Å². The fourth-order valence-electron chi connectivity index (χ4n) is 2.74. The molecule has 1 saturated carbocycles. The average molecular weight is 256 g/mol. The van der Waals surface area contributed by atoms with Crippen LogP contribution in [0.5, 0.6) is 0 Å². The summed E-state index contributed by atoms with van der Waals surface area (Å²) in [6.45, 7) is 0. The van der Waals surface area contributed by atoms with Crippen molar-refractivity contribution in [3.8, 4) is 0 Å². The van der Waals surface area contributed by atoms with Gasteiger partial charge in [0.15, 0.2) is 0 Å². The Labute approximate surface area is 113 Å². The molecule has 0 atom stereocenters. The highest BCUT2D eigenvalue weighted by molar-refractivity contribution is 5.90. The van der Waals surface area contributed by atoms with Crippen LogP contribution in [0.2, 0.25) is 0 Å². The van der Waals surface area contributed by atoms with Gasteiger partial charge in [-0.2, -0.15) is 4.98 Å². The highest BCUT2D eigenvalue weighted by Crippen LogP contribution is 2.26. The molecule has 2 N–H and O–H groups in total. The van der Waals surface area contributed by atoms with Gasteiger partial charge in [-0.15, -0.1) is 0 Å². The number of anilines is 2. The van der Waals surface area contributed by atoms with Crippen molar-refractivity contribution in [3.63, 3.8) is 0 Å². The molecule has 0 aliphatic heterocycles. The van der Waals surface area contributed by atoms with Crippen LogP contribution in [0.25, 0.3) is 10.9 Å². The van der Waals surface area contributed by atoms with Crippen LogP contribution in [0.4, 0.5) is 11.8 Å². The van der Waals surface area contributed by atoms with Crippen molar-refractivity contribution < 1.29 is 0 Å². The monoisotopic (exact) mass is 256 g/mol. The molecule has 1 aromatic carbocycles. The van der Waals surface area contributed by atoms with Crippen molar-refractivity contribution in [2.45, 2.75) is 38.1 Å². The molecule has 0 bridgehead atoms. The van der Waals surface area contributed by atoms with Gasteiger partial charge in [-0.25, -0.2) is 4.98 Å². The first-order valence-corrected chi connectivity index (χ1v) is 7.08. The van der Waals surface area contributed by atoms with Gasteiger partial charge < -0.3 is 10.6 Å². The van der Waals surface area contributed by atoms with Crippen LogP contribution < -0.4 is 10.6 Å². The van der Waals surface area contributed by atoms with E-state index in [1.807, 2.05) is 25.2 Å². The predicted octanol–water partition coefficient (Wildman–Crippen LogP) is 3.42. The Morgan fingerprint density at radius 3 is 2.63 bits per heavy atom. The number of nitrogens with zero attached hydrogens (tertiary/aromatic N) is 2. The van der Waals surface area contributed by atoms with Crippen LogP contribution in [0.3, 0.4) is 0 Å². The van der Waals surface area contributed by atoms with Crippen molar-refractivity contribution in [1.29, 1.82) is 0 Å². The highest BCUT2D eigenvalue weighted by Gasteiger charge is 2.15. The Morgan fingerprint density at radius 2 is 1.84 bits per heavy atom. The van der Waals surface area contributed by atoms with Gasteiger partial charge in [0.1, 0.15) is 5.82 Å². The fourth-order valence-corrected chi connectivity index (χ4v) is 2.74. The van der Waals surface area contributed by atoms with Crippen molar-refractivity contribution in [2.75, 3.05) is 17.7 Å². The molecule has 0 amide bonds. The van der Waals surface area contributed by atoms with E-state index in [9.17, 15) is 0 Å². The lowest BCUT2D eigenvalue weighted by Crippen LogP contribution is -2.23. The highest BCUT2D eigenvalue weighted by atomic mass is 15.1. The van der Waals surface area contributed by atoms with Gasteiger partial charge in [0.2, 0.25) is 5.95 Å². The first-order chi connectivity index (χ1) is 9.36. The van der Waals surface area contributed by atoms with E-state index in [0.29, 0.717) is 12.0 Å². The van der Waals surface area contributed by atoms with E-state index in [1.165, 1.54) is 32.1 Å². The molecule has 0 radical (unpaired) electrons. The van der Waals surface area contributed by atoms with E-state index in [4.69, 9.17) is 0 Å². The fraction of sp³-hybridized carbons (Fsp3) is 0.467. The van der Waals surface area contributed by atoms with Gasteiger partial charge in [-0.05, 0) is 25.0 Å². The van der Waals surface area contributed by atoms with Crippen LogP contribution in [0.1, 0.15) is 32.1 Å². The first-order valence-electron chi connectivity index (χ1n) is 7.08. The second-order valence-corrected chi connectivity index (χ2v) is 5.14. The Balaban J connectivity index is 1.95. The first kappa shape index (κ1) is 12.2. The number of nitrogens with one attached hydrogen (secondary N) is 2. The number of rotatable bonds is 3. The maximum atomic E-state index is 4.58. The van der Waals surface area contributed by atoms with Crippen LogP contribution in [-0.2, 0) is 0 Å². The zero-order valence-electron chi connectivity index (χ0n) is 11.3. The summed E-state index contributed by atoms with van der Waals surface area (Å²) in [6.07, 6.45) is 6.49. The van der Waals surface area contributed by atoms with Crippen molar-refractivity contribution >= 4 is 22.7 Å². The third-order valence-electron chi connectivity index (χ3n) is 3.77. The molecule has 1 aliphatic rings. The summed E-state index contributed by atoms with van der Waals surface area (Å²) in [6, 6.07) is 8.72. The molecule has 1 aromatic heterocycles. The summed E-state index contributed by atoms with van der Waals surface area (Å²) in [5, 5.41) is 7.75. The summed E-state index contributed by atoms with van der Waals surface area (Å²) >= 11 is 0. The van der Waals surface area contributed by atoms with E-state index in [1.54, 1.807) is 0 Å². The predicted molar refractivity (Wildman–Crippen MR) is 79.6 cm³/mol. The maximum absolute atomic E-state index is 4.58. The number of hydrogen-bond acceptors (Lipinski definition) is 4. The van der Waals surface area contributed by atoms with E-state index in [0.717, 1.165) is 16.7 Å². The lowest BCUT2D eigenvalue weighted by Gasteiger charge is -2.24. The number of fused-ring (bicyclic) bond motifs is 1. The summed E-state index contributed by atoms with van der Waals surface area (Å²) < 4.78 is 0. The van der Waals surface area contributed by atoms with Gasteiger partial charge in [-0.1, -0.05) is 31.4 Å². The second-order valence-electron chi connectivity index (χ2n) is 5.14. The molecule has 0 spiro atoms. The number of para-hydroxylation sites is 1. The van der Waals surface area contributed by atoms with E-state index in [2.05, 4.69) is 26.7 Å². The third-order valence-corrected chi connectivity index (χ3v) is 3.77. The van der Waals surface area contributed by atoms with Crippen molar-refractivity contribution in [1.82, 2.24) is 9.97 Å². The van der Waals surface area contributed by atoms with E-state index < -0.39 is 0 Å². The van der Waals surface area contributed by atoms with Crippen LogP contribution in [0, 0.1) is 0 Å². The summed E-state index contributed by atoms with van der Waals surface area (Å²) in [5.74, 6) is 1.64. The molecule has 1 aliphatic carbocycles. The van der Waals surface area contributed by atoms with Gasteiger partial charge in [0, 0.05) is 18.5 Å². The average Bonchev–Trinajstić information content (AvgIpc) is 2.48. The molecule has 0 unspecified atom stereocenters. The largest absolute Gasteiger partial charge is 0.367 e. The molecular formula is C15H20N4. The molecule has 1 heterocycles. The Hall–Kier alpha value is -1.84. The lowest BCUT2D eigenvalue weighted by molar-refractivity contribution is 0.462. The van der Waals surface area contributed by atoms with Gasteiger partial charge in [-0.3, -0.25) is 0 Å². The Morgan fingerprint density at radius 1 is 1.05 bits per heavy atom. The number of hydrogen-bond donors (Lipinski definition) is 2. The van der Waals surface area contributed by atoms with E-state index in [-0.39, 0.29) is 0 Å². The van der Waals surface area contributed by atoms with E-state index >= 15 is 0 Å². The normalized spacial score (nSPS) is 16.5. The van der Waals surface area contributed by atoms with Crippen molar-refractivity contribution in [2.24, 2.45) is 0 Å². The molecule has 4 heteroatoms. The summed E-state index contributed by atoms with van der Waals surface area (Å²) in [4.78, 5) is 9.07. The zero-order valence-corrected chi connectivity index (χ0v) is 11.3. The number of aromatic nitrogens is 2. The lowest BCUT2D eigenvalue weighted by atomic mass is 9.95. The zero-order chi connectivity index (χ0) is 13.1. The molecule has 3 rings (SSSR count). The minimum Gasteiger partial charge on any atom is -0.367 e. The number of benzene rings is 1. The van der Waals surface area contributed by atoms with Crippen molar-refractivity contribution in [3.05, 3.63) is 24.3 Å². The minimum atomic E-state index is 0.553. The Kier molecular flexibility index (Phi) is 3.49.